The fourth-order valence-electron chi connectivity index (χ4n) is 8.24. The standard InChI is InChI=1S/C49H31N3O/c1-2-13-32-27-35(24-23-30(32)11-1)47-50-48(52-49(51-47)42-28-33-14-4-6-17-38(33)39-18-7-8-19-40(39)42)41-21-10-22-45-46(41)43-29-34(25-26-44(43)53-45)37-20-9-15-31-12-3-5-16-36(31)37/h1-6,8-17,19-29H,7,18H2. The monoisotopic (exact) mass is 677 g/mol. The molecule has 0 aliphatic heterocycles. The van der Waals surface area contributed by atoms with Crippen LogP contribution in [-0.2, 0) is 6.42 Å². The number of aromatic nitrogens is 3. The number of furan rings is 1. The molecular formula is C49H31N3O. The summed E-state index contributed by atoms with van der Waals surface area (Å²) in [5, 5.41) is 9.25. The highest BCUT2D eigenvalue weighted by Crippen LogP contribution is 2.41. The average molecular weight is 678 g/mol. The van der Waals surface area contributed by atoms with E-state index in [9.17, 15) is 0 Å². The van der Waals surface area contributed by atoms with E-state index in [4.69, 9.17) is 19.4 Å². The van der Waals surface area contributed by atoms with Crippen molar-refractivity contribution in [1.82, 2.24) is 15.0 Å². The van der Waals surface area contributed by atoms with Crippen LogP contribution >= 0.6 is 0 Å². The Hall–Kier alpha value is -6.91. The molecule has 8 aromatic carbocycles. The quantitative estimate of drug-likeness (QED) is 0.186. The predicted molar refractivity (Wildman–Crippen MR) is 219 cm³/mol. The first-order chi connectivity index (χ1) is 26.2. The number of rotatable bonds is 4. The average Bonchev–Trinajstić information content (AvgIpc) is 3.61. The van der Waals surface area contributed by atoms with Gasteiger partial charge in [-0.1, -0.05) is 133 Å². The van der Waals surface area contributed by atoms with Gasteiger partial charge in [0.25, 0.3) is 0 Å². The van der Waals surface area contributed by atoms with Crippen molar-refractivity contribution < 1.29 is 4.42 Å². The lowest BCUT2D eigenvalue weighted by molar-refractivity contribution is 0.669. The van der Waals surface area contributed by atoms with Gasteiger partial charge in [0, 0.05) is 27.5 Å². The molecule has 0 N–H and O–H groups in total. The van der Waals surface area contributed by atoms with Gasteiger partial charge in [0.15, 0.2) is 17.5 Å². The third kappa shape index (κ3) is 4.87. The molecule has 1 aliphatic rings. The molecule has 0 amide bonds. The van der Waals surface area contributed by atoms with Gasteiger partial charge in [-0.05, 0) is 97.7 Å². The van der Waals surface area contributed by atoms with Crippen LogP contribution in [0.2, 0.25) is 0 Å². The van der Waals surface area contributed by atoms with E-state index in [1.54, 1.807) is 0 Å². The van der Waals surface area contributed by atoms with Gasteiger partial charge in [0.2, 0.25) is 0 Å². The summed E-state index contributed by atoms with van der Waals surface area (Å²) in [4.78, 5) is 15.8. The molecule has 53 heavy (non-hydrogen) atoms. The maximum absolute atomic E-state index is 6.51. The van der Waals surface area contributed by atoms with E-state index < -0.39 is 0 Å². The Morgan fingerprint density at radius 2 is 1.13 bits per heavy atom. The van der Waals surface area contributed by atoms with Gasteiger partial charge in [-0.3, -0.25) is 0 Å². The molecule has 248 valence electrons. The number of allylic oxidation sites excluding steroid dienone is 1. The summed E-state index contributed by atoms with van der Waals surface area (Å²) in [5.74, 6) is 1.91. The van der Waals surface area contributed by atoms with Gasteiger partial charge in [-0.2, -0.15) is 0 Å². The molecule has 11 rings (SSSR count). The van der Waals surface area contributed by atoms with E-state index in [1.807, 2.05) is 12.1 Å². The van der Waals surface area contributed by atoms with E-state index >= 15 is 0 Å². The van der Waals surface area contributed by atoms with Gasteiger partial charge < -0.3 is 4.42 Å². The van der Waals surface area contributed by atoms with Crippen molar-refractivity contribution in [3.05, 3.63) is 169 Å². The SMILES string of the molecule is C1=Cc2c(-c3nc(-c4ccc5ccccc5c4)nc(-c4cccc5oc6ccc(-c7cccc8ccccc78)cc6c45)n3)cc3ccccc3c2CC1. The second kappa shape index (κ2) is 11.8. The Morgan fingerprint density at radius 3 is 2.04 bits per heavy atom. The van der Waals surface area contributed by atoms with Crippen molar-refractivity contribution in [2.45, 2.75) is 12.8 Å². The first-order valence-electron chi connectivity index (χ1n) is 18.2. The highest BCUT2D eigenvalue weighted by atomic mass is 16.3. The second-order valence-electron chi connectivity index (χ2n) is 13.9. The highest BCUT2D eigenvalue weighted by Gasteiger charge is 2.22. The maximum Gasteiger partial charge on any atom is 0.164 e. The van der Waals surface area contributed by atoms with Crippen LogP contribution in [0.1, 0.15) is 17.5 Å². The first-order valence-corrected chi connectivity index (χ1v) is 18.2. The number of aryl methyl sites for hydroxylation is 1. The number of benzene rings is 8. The van der Waals surface area contributed by atoms with Crippen LogP contribution in [0, 0.1) is 0 Å². The molecule has 0 radical (unpaired) electrons. The molecule has 4 heteroatoms. The molecule has 2 aromatic heterocycles. The summed E-state index contributed by atoms with van der Waals surface area (Å²) < 4.78 is 6.51. The molecule has 0 fully saturated rings. The molecule has 0 saturated heterocycles. The van der Waals surface area contributed by atoms with Crippen molar-refractivity contribution in [3.8, 4) is 45.3 Å². The van der Waals surface area contributed by atoms with Crippen LogP contribution in [0.15, 0.2) is 162 Å². The van der Waals surface area contributed by atoms with Crippen LogP contribution in [0.25, 0.3) is 106 Å². The number of nitrogens with zero attached hydrogens (tertiary/aromatic N) is 3. The Morgan fingerprint density at radius 1 is 0.434 bits per heavy atom. The second-order valence-corrected chi connectivity index (χ2v) is 13.9. The summed E-state index contributed by atoms with van der Waals surface area (Å²) in [7, 11) is 0. The van der Waals surface area contributed by atoms with Gasteiger partial charge in [-0.25, -0.2) is 15.0 Å². The molecule has 0 saturated carbocycles. The van der Waals surface area contributed by atoms with Crippen LogP contribution in [0.4, 0.5) is 0 Å². The Kier molecular flexibility index (Phi) is 6.65. The van der Waals surface area contributed by atoms with Crippen molar-refractivity contribution in [2.24, 2.45) is 0 Å². The fourth-order valence-corrected chi connectivity index (χ4v) is 8.24. The van der Waals surface area contributed by atoms with Crippen LogP contribution in [0.5, 0.6) is 0 Å². The minimum atomic E-state index is 0.615. The van der Waals surface area contributed by atoms with Gasteiger partial charge in [0.05, 0.1) is 0 Å². The molecule has 0 bridgehead atoms. The zero-order chi connectivity index (χ0) is 34.9. The first kappa shape index (κ1) is 29.8. The molecule has 4 nitrogen and oxygen atoms in total. The smallest absolute Gasteiger partial charge is 0.164 e. The van der Waals surface area contributed by atoms with E-state index in [1.165, 1.54) is 43.6 Å². The molecule has 10 aromatic rings. The van der Waals surface area contributed by atoms with Gasteiger partial charge >= 0.3 is 0 Å². The minimum Gasteiger partial charge on any atom is -0.456 e. The maximum atomic E-state index is 6.51. The van der Waals surface area contributed by atoms with Crippen LogP contribution in [0.3, 0.4) is 0 Å². The normalized spacial score (nSPS) is 12.7. The van der Waals surface area contributed by atoms with Crippen LogP contribution in [-0.4, -0.2) is 15.0 Å². The summed E-state index contributed by atoms with van der Waals surface area (Å²) >= 11 is 0. The van der Waals surface area contributed by atoms with E-state index in [2.05, 4.69) is 152 Å². The minimum absolute atomic E-state index is 0.615. The summed E-state index contributed by atoms with van der Waals surface area (Å²) in [6, 6.07) is 53.4. The lowest BCUT2D eigenvalue weighted by Crippen LogP contribution is -2.04. The summed E-state index contributed by atoms with van der Waals surface area (Å²) in [6.45, 7) is 0. The number of fused-ring (bicyclic) bond motifs is 8. The molecule has 1 aliphatic carbocycles. The van der Waals surface area contributed by atoms with Crippen molar-refractivity contribution in [3.63, 3.8) is 0 Å². The van der Waals surface area contributed by atoms with E-state index in [-0.39, 0.29) is 0 Å². The summed E-state index contributed by atoms with van der Waals surface area (Å²) in [5.41, 5.74) is 9.35. The van der Waals surface area contributed by atoms with Crippen molar-refractivity contribution in [1.29, 1.82) is 0 Å². The Balaban J connectivity index is 1.18. The van der Waals surface area contributed by atoms with Crippen molar-refractivity contribution >= 4 is 60.3 Å². The third-order valence-corrected chi connectivity index (χ3v) is 10.8. The van der Waals surface area contributed by atoms with E-state index in [0.29, 0.717) is 17.5 Å². The lowest BCUT2D eigenvalue weighted by Gasteiger charge is -2.18. The van der Waals surface area contributed by atoms with Crippen molar-refractivity contribution in [2.75, 3.05) is 0 Å². The largest absolute Gasteiger partial charge is 0.456 e. The summed E-state index contributed by atoms with van der Waals surface area (Å²) in [6.07, 6.45) is 6.51. The Bertz CT molecular complexity index is 3130. The highest BCUT2D eigenvalue weighted by molar-refractivity contribution is 6.13. The van der Waals surface area contributed by atoms with Gasteiger partial charge in [-0.15, -0.1) is 0 Å². The number of hydrogen-bond donors (Lipinski definition) is 0. The molecule has 0 spiro atoms. The third-order valence-electron chi connectivity index (χ3n) is 10.8. The zero-order valence-corrected chi connectivity index (χ0v) is 28.8. The molecule has 2 heterocycles. The topological polar surface area (TPSA) is 51.8 Å². The van der Waals surface area contributed by atoms with Crippen LogP contribution < -0.4 is 0 Å². The zero-order valence-electron chi connectivity index (χ0n) is 28.8. The molecular weight excluding hydrogens is 647 g/mol. The Labute approximate surface area is 305 Å². The molecule has 0 unspecified atom stereocenters. The lowest BCUT2D eigenvalue weighted by atomic mass is 9.88. The number of hydrogen-bond acceptors (Lipinski definition) is 4. The fraction of sp³-hybridized carbons (Fsp3) is 0.0408. The predicted octanol–water partition coefficient (Wildman–Crippen LogP) is 12.9. The van der Waals surface area contributed by atoms with E-state index in [0.717, 1.165) is 62.4 Å². The van der Waals surface area contributed by atoms with Gasteiger partial charge in [0.1, 0.15) is 11.2 Å². The molecule has 0 atom stereocenters.